The molecule has 0 amide bonds. The maximum atomic E-state index is 12.1. The fourth-order valence-corrected chi connectivity index (χ4v) is 3.52. The number of aromatic nitrogens is 6. The number of rotatable bonds is 8. The highest BCUT2D eigenvalue weighted by Gasteiger charge is 2.15. The molecule has 2 heterocycles. The molecule has 0 saturated carbocycles. The van der Waals surface area contributed by atoms with Crippen molar-refractivity contribution < 1.29 is 9.53 Å². The van der Waals surface area contributed by atoms with Crippen LogP contribution in [0.2, 0.25) is 0 Å². The number of aryl methyl sites for hydroxylation is 1. The van der Waals surface area contributed by atoms with Crippen LogP contribution in [-0.4, -0.2) is 43.0 Å². The summed E-state index contributed by atoms with van der Waals surface area (Å²) in [6, 6.07) is 18.1. The number of nitrogens with one attached hydrogen (secondary N) is 1. The zero-order valence-corrected chi connectivity index (χ0v) is 17.6. The van der Waals surface area contributed by atoms with E-state index in [-0.39, 0.29) is 5.97 Å². The molecule has 0 aliphatic rings. The third-order valence-electron chi connectivity index (χ3n) is 4.96. The number of H-pyrrole nitrogens is 1. The number of tetrazole rings is 1. The van der Waals surface area contributed by atoms with Gasteiger partial charge in [-0.3, -0.25) is 4.68 Å². The van der Waals surface area contributed by atoms with Crippen LogP contribution in [0.4, 0.5) is 0 Å². The molecule has 2 aromatic carbocycles. The monoisotopic (exact) mass is 416 g/mol. The average Bonchev–Trinajstić information content (AvgIpc) is 3.46. The number of hydrogen-bond donors (Lipinski definition) is 1. The molecule has 8 heteroatoms. The molecule has 0 aliphatic carbocycles. The second-order valence-corrected chi connectivity index (χ2v) is 7.13. The molecular formula is C23H24N6O2. The van der Waals surface area contributed by atoms with Gasteiger partial charge in [-0.15, -0.1) is 10.2 Å². The molecule has 0 bridgehead atoms. The zero-order chi connectivity index (χ0) is 21.6. The molecule has 1 N–H and O–H groups in total. The van der Waals surface area contributed by atoms with Gasteiger partial charge in [-0.2, -0.15) is 10.3 Å². The minimum Gasteiger partial charge on any atom is -0.461 e. The summed E-state index contributed by atoms with van der Waals surface area (Å²) in [5.74, 6) is 0.180. The molecule has 0 fully saturated rings. The summed E-state index contributed by atoms with van der Waals surface area (Å²) in [5.41, 5.74) is 5.49. The standard InChI is InChI=1S/C23H24N6O2/c1-3-7-18-14-21(23(30)31-4-2)26-29(18)15-16-10-12-17(13-11-16)19-8-5-6-9-20(19)22-24-27-28-25-22/h5-6,8-14H,3-4,7,15H2,1-2H3,(H,24,25,27,28). The largest absolute Gasteiger partial charge is 0.461 e. The third kappa shape index (κ3) is 4.53. The Kier molecular flexibility index (Phi) is 6.16. The Bertz CT molecular complexity index is 1150. The van der Waals surface area contributed by atoms with E-state index in [4.69, 9.17) is 4.74 Å². The average molecular weight is 416 g/mol. The van der Waals surface area contributed by atoms with Crippen molar-refractivity contribution in [3.63, 3.8) is 0 Å². The van der Waals surface area contributed by atoms with Gasteiger partial charge in [0.15, 0.2) is 5.69 Å². The number of aromatic amines is 1. The predicted molar refractivity (Wildman–Crippen MR) is 116 cm³/mol. The van der Waals surface area contributed by atoms with E-state index in [1.54, 1.807) is 6.92 Å². The number of carbonyl (C=O) groups excluding carboxylic acids is 1. The Labute approximate surface area is 180 Å². The number of hydrogen-bond acceptors (Lipinski definition) is 6. The van der Waals surface area contributed by atoms with E-state index in [0.29, 0.717) is 24.7 Å². The van der Waals surface area contributed by atoms with E-state index in [2.05, 4.69) is 56.9 Å². The van der Waals surface area contributed by atoms with Gasteiger partial charge in [-0.1, -0.05) is 61.9 Å². The lowest BCUT2D eigenvalue weighted by Gasteiger charge is -2.10. The van der Waals surface area contributed by atoms with Crippen molar-refractivity contribution >= 4 is 5.97 Å². The predicted octanol–water partition coefficient (Wildman–Crippen LogP) is 3.91. The second-order valence-electron chi connectivity index (χ2n) is 7.13. The van der Waals surface area contributed by atoms with Crippen molar-refractivity contribution in [1.29, 1.82) is 0 Å². The highest BCUT2D eigenvalue weighted by Crippen LogP contribution is 2.29. The first-order valence-electron chi connectivity index (χ1n) is 10.4. The van der Waals surface area contributed by atoms with Crippen LogP contribution in [-0.2, 0) is 17.7 Å². The lowest BCUT2D eigenvalue weighted by atomic mass is 9.98. The minimum atomic E-state index is -0.382. The minimum absolute atomic E-state index is 0.335. The fourth-order valence-electron chi connectivity index (χ4n) is 3.52. The Morgan fingerprint density at radius 3 is 2.52 bits per heavy atom. The van der Waals surface area contributed by atoms with Crippen molar-refractivity contribution in [3.8, 4) is 22.5 Å². The molecule has 2 aromatic heterocycles. The van der Waals surface area contributed by atoms with E-state index >= 15 is 0 Å². The van der Waals surface area contributed by atoms with Crippen LogP contribution < -0.4 is 0 Å². The smallest absolute Gasteiger partial charge is 0.358 e. The normalized spacial score (nSPS) is 10.9. The molecule has 31 heavy (non-hydrogen) atoms. The topological polar surface area (TPSA) is 98.6 Å². The number of carbonyl (C=O) groups is 1. The summed E-state index contributed by atoms with van der Waals surface area (Å²) in [6.07, 6.45) is 1.82. The number of esters is 1. The molecule has 0 unspecified atom stereocenters. The van der Waals surface area contributed by atoms with Gasteiger partial charge < -0.3 is 4.74 Å². The summed E-state index contributed by atoms with van der Waals surface area (Å²) in [7, 11) is 0. The van der Waals surface area contributed by atoms with Gasteiger partial charge >= 0.3 is 5.97 Å². The van der Waals surface area contributed by atoms with E-state index < -0.39 is 0 Å². The van der Waals surface area contributed by atoms with Gasteiger partial charge in [0, 0.05) is 11.3 Å². The maximum Gasteiger partial charge on any atom is 0.358 e. The molecule has 0 radical (unpaired) electrons. The first-order chi connectivity index (χ1) is 15.2. The first kappa shape index (κ1) is 20.5. The maximum absolute atomic E-state index is 12.1. The summed E-state index contributed by atoms with van der Waals surface area (Å²) >= 11 is 0. The SMILES string of the molecule is CCCc1cc(C(=O)OCC)nn1Cc1ccc(-c2ccccc2-c2nn[nH]n2)cc1. The van der Waals surface area contributed by atoms with Gasteiger partial charge in [-0.05, 0) is 41.3 Å². The molecule has 4 rings (SSSR count). The number of benzene rings is 2. The number of ether oxygens (including phenoxy) is 1. The Morgan fingerprint density at radius 2 is 1.84 bits per heavy atom. The summed E-state index contributed by atoms with van der Waals surface area (Å²) < 4.78 is 6.99. The summed E-state index contributed by atoms with van der Waals surface area (Å²) in [6.45, 7) is 4.82. The van der Waals surface area contributed by atoms with Gasteiger partial charge in [0.2, 0.25) is 5.82 Å². The lowest BCUT2D eigenvalue weighted by molar-refractivity contribution is 0.0518. The molecule has 0 atom stereocenters. The van der Waals surface area contributed by atoms with Gasteiger partial charge in [0.05, 0.1) is 13.2 Å². The van der Waals surface area contributed by atoms with Crippen LogP contribution >= 0.6 is 0 Å². The van der Waals surface area contributed by atoms with Gasteiger partial charge in [0.1, 0.15) is 0 Å². The lowest BCUT2D eigenvalue weighted by Crippen LogP contribution is -2.09. The molecule has 0 saturated heterocycles. The van der Waals surface area contributed by atoms with Crippen LogP contribution in [0, 0.1) is 0 Å². The Hall–Kier alpha value is -3.81. The highest BCUT2D eigenvalue weighted by atomic mass is 16.5. The Morgan fingerprint density at radius 1 is 1.06 bits per heavy atom. The first-order valence-corrected chi connectivity index (χ1v) is 10.4. The second kappa shape index (κ2) is 9.34. The zero-order valence-electron chi connectivity index (χ0n) is 17.6. The van der Waals surface area contributed by atoms with E-state index in [0.717, 1.165) is 40.8 Å². The van der Waals surface area contributed by atoms with Crippen LogP contribution in [0.15, 0.2) is 54.6 Å². The molecule has 158 valence electrons. The van der Waals surface area contributed by atoms with E-state index in [1.807, 2.05) is 35.0 Å². The van der Waals surface area contributed by atoms with Crippen LogP contribution in [0.25, 0.3) is 22.5 Å². The van der Waals surface area contributed by atoms with Crippen LogP contribution in [0.3, 0.4) is 0 Å². The van der Waals surface area contributed by atoms with E-state index in [1.165, 1.54) is 0 Å². The fraction of sp³-hybridized carbons (Fsp3) is 0.261. The Balaban J connectivity index is 1.58. The van der Waals surface area contributed by atoms with Crippen molar-refractivity contribution in [2.24, 2.45) is 0 Å². The number of nitrogens with zero attached hydrogens (tertiary/aromatic N) is 5. The van der Waals surface area contributed by atoms with Crippen LogP contribution in [0.1, 0.15) is 42.0 Å². The highest BCUT2D eigenvalue weighted by molar-refractivity contribution is 5.87. The van der Waals surface area contributed by atoms with Crippen LogP contribution in [0.5, 0.6) is 0 Å². The van der Waals surface area contributed by atoms with Crippen molar-refractivity contribution in [1.82, 2.24) is 30.4 Å². The van der Waals surface area contributed by atoms with Gasteiger partial charge in [-0.25, -0.2) is 4.79 Å². The van der Waals surface area contributed by atoms with E-state index in [9.17, 15) is 4.79 Å². The third-order valence-corrected chi connectivity index (χ3v) is 4.96. The molecule has 0 aliphatic heterocycles. The summed E-state index contributed by atoms with van der Waals surface area (Å²) in [5, 5.41) is 18.9. The van der Waals surface area contributed by atoms with Crippen molar-refractivity contribution in [2.75, 3.05) is 6.61 Å². The van der Waals surface area contributed by atoms with Gasteiger partial charge in [0.25, 0.3) is 0 Å². The summed E-state index contributed by atoms with van der Waals surface area (Å²) in [4.78, 5) is 12.1. The molecule has 4 aromatic rings. The quantitative estimate of drug-likeness (QED) is 0.437. The molecule has 0 spiro atoms. The molecule has 8 nitrogen and oxygen atoms in total. The molecular weight excluding hydrogens is 392 g/mol. The van der Waals surface area contributed by atoms with Crippen molar-refractivity contribution in [2.45, 2.75) is 33.2 Å². The van der Waals surface area contributed by atoms with Crippen molar-refractivity contribution in [3.05, 3.63) is 71.5 Å².